The van der Waals surface area contributed by atoms with Gasteiger partial charge in [0.25, 0.3) is 0 Å². The van der Waals surface area contributed by atoms with E-state index in [0.29, 0.717) is 13.0 Å². The van der Waals surface area contributed by atoms with Crippen LogP contribution in [0.4, 0.5) is 5.82 Å². The summed E-state index contributed by atoms with van der Waals surface area (Å²) in [6.07, 6.45) is 2.29. The maximum Gasteiger partial charge on any atom is 0.308 e. The van der Waals surface area contributed by atoms with Crippen molar-refractivity contribution in [2.24, 2.45) is 5.92 Å². The molecule has 1 aromatic heterocycles. The lowest BCUT2D eigenvalue weighted by atomic mass is 10.1. The van der Waals surface area contributed by atoms with E-state index in [1.165, 1.54) is 0 Å². The number of aliphatic carboxylic acids is 1. The molecule has 2 rings (SSSR count). The van der Waals surface area contributed by atoms with Gasteiger partial charge in [0.15, 0.2) is 5.82 Å². The van der Waals surface area contributed by atoms with Crippen molar-refractivity contribution in [1.82, 2.24) is 10.2 Å². The quantitative estimate of drug-likeness (QED) is 0.735. The number of hydrogen-bond acceptors (Lipinski definition) is 4. The summed E-state index contributed by atoms with van der Waals surface area (Å²) in [4.78, 5) is 12.7. The smallest absolute Gasteiger partial charge is 0.308 e. The molecule has 0 saturated carbocycles. The molecule has 1 saturated heterocycles. The Balaban J connectivity index is 2.06. The van der Waals surface area contributed by atoms with Crippen LogP contribution in [0.1, 0.15) is 6.42 Å². The zero-order chi connectivity index (χ0) is 9.97. The maximum absolute atomic E-state index is 10.7. The first-order valence-corrected chi connectivity index (χ1v) is 4.53. The van der Waals surface area contributed by atoms with Crippen LogP contribution in [0, 0.1) is 5.92 Å². The lowest BCUT2D eigenvalue weighted by Crippen LogP contribution is -2.23. The van der Waals surface area contributed by atoms with Crippen LogP contribution >= 0.6 is 0 Å². The summed E-state index contributed by atoms with van der Waals surface area (Å²) in [5, 5.41) is 16.5. The molecule has 74 valence electrons. The van der Waals surface area contributed by atoms with Crippen LogP contribution in [0.25, 0.3) is 0 Å². The fourth-order valence-electron chi connectivity index (χ4n) is 1.63. The van der Waals surface area contributed by atoms with E-state index in [1.807, 2.05) is 11.0 Å². The number of anilines is 1. The molecule has 5 nitrogen and oxygen atoms in total. The monoisotopic (exact) mass is 193 g/mol. The summed E-state index contributed by atoms with van der Waals surface area (Å²) in [5.41, 5.74) is 0. The summed E-state index contributed by atoms with van der Waals surface area (Å²) in [7, 11) is 0. The van der Waals surface area contributed by atoms with Crippen LogP contribution in [0.5, 0.6) is 0 Å². The lowest BCUT2D eigenvalue weighted by Gasteiger charge is -2.15. The van der Waals surface area contributed by atoms with Crippen LogP contribution in [-0.4, -0.2) is 34.4 Å². The molecule has 1 aromatic rings. The van der Waals surface area contributed by atoms with Crippen LogP contribution in [0.3, 0.4) is 0 Å². The normalized spacial score (nSPS) is 21.1. The maximum atomic E-state index is 10.7. The van der Waals surface area contributed by atoms with Gasteiger partial charge in [0.1, 0.15) is 0 Å². The van der Waals surface area contributed by atoms with Gasteiger partial charge in [-0.05, 0) is 18.6 Å². The number of rotatable bonds is 2. The van der Waals surface area contributed by atoms with Crippen molar-refractivity contribution in [3.8, 4) is 0 Å². The minimum Gasteiger partial charge on any atom is -0.481 e. The Morgan fingerprint density at radius 1 is 1.64 bits per heavy atom. The van der Waals surface area contributed by atoms with E-state index in [0.717, 1.165) is 12.4 Å². The summed E-state index contributed by atoms with van der Waals surface area (Å²) in [6.45, 7) is 1.28. The molecular formula is C9H11N3O2. The summed E-state index contributed by atoms with van der Waals surface area (Å²) >= 11 is 0. The largest absolute Gasteiger partial charge is 0.481 e. The Morgan fingerprint density at radius 3 is 3.07 bits per heavy atom. The SMILES string of the molecule is O=C(O)[C@H]1CCN(c2cccnn2)C1. The van der Waals surface area contributed by atoms with Crippen molar-refractivity contribution in [3.63, 3.8) is 0 Å². The second-order valence-electron chi connectivity index (χ2n) is 3.35. The predicted octanol–water partition coefficient (Wildman–Crippen LogP) is 0.387. The summed E-state index contributed by atoms with van der Waals surface area (Å²) in [5.74, 6) is -0.232. The highest BCUT2D eigenvalue weighted by atomic mass is 16.4. The first-order valence-electron chi connectivity index (χ1n) is 4.53. The highest BCUT2D eigenvalue weighted by Gasteiger charge is 2.28. The molecule has 1 atom stereocenters. The van der Waals surface area contributed by atoms with Crippen molar-refractivity contribution in [2.75, 3.05) is 18.0 Å². The molecular weight excluding hydrogens is 182 g/mol. The molecule has 0 unspecified atom stereocenters. The summed E-state index contributed by atoms with van der Waals surface area (Å²) in [6, 6.07) is 3.65. The average molecular weight is 193 g/mol. The van der Waals surface area contributed by atoms with Gasteiger partial charge in [-0.25, -0.2) is 0 Å². The molecule has 1 N–H and O–H groups in total. The number of aromatic nitrogens is 2. The highest BCUT2D eigenvalue weighted by Crippen LogP contribution is 2.21. The minimum atomic E-state index is -0.726. The molecule has 1 fully saturated rings. The van der Waals surface area contributed by atoms with Crippen molar-refractivity contribution in [2.45, 2.75) is 6.42 Å². The molecule has 0 spiro atoms. The zero-order valence-electron chi connectivity index (χ0n) is 7.63. The second-order valence-corrected chi connectivity index (χ2v) is 3.35. The lowest BCUT2D eigenvalue weighted by molar-refractivity contribution is -0.140. The topological polar surface area (TPSA) is 66.3 Å². The molecule has 0 aromatic carbocycles. The molecule has 0 radical (unpaired) electrons. The Morgan fingerprint density at radius 2 is 2.50 bits per heavy atom. The van der Waals surface area contributed by atoms with Gasteiger partial charge in [0, 0.05) is 19.3 Å². The van der Waals surface area contributed by atoms with Crippen molar-refractivity contribution in [3.05, 3.63) is 18.3 Å². The van der Waals surface area contributed by atoms with E-state index in [-0.39, 0.29) is 5.92 Å². The third kappa shape index (κ3) is 1.66. The van der Waals surface area contributed by atoms with Crippen molar-refractivity contribution < 1.29 is 9.90 Å². The fraction of sp³-hybridized carbons (Fsp3) is 0.444. The summed E-state index contributed by atoms with van der Waals surface area (Å²) < 4.78 is 0. The van der Waals surface area contributed by atoms with Crippen LogP contribution in [0.15, 0.2) is 18.3 Å². The molecule has 14 heavy (non-hydrogen) atoms. The van der Waals surface area contributed by atoms with Crippen LogP contribution in [-0.2, 0) is 4.79 Å². The van der Waals surface area contributed by atoms with E-state index in [2.05, 4.69) is 10.2 Å². The molecule has 2 heterocycles. The number of hydrogen-bond donors (Lipinski definition) is 1. The fourth-order valence-corrected chi connectivity index (χ4v) is 1.63. The Kier molecular flexibility index (Phi) is 2.30. The Bertz CT molecular complexity index is 328. The third-order valence-corrected chi connectivity index (χ3v) is 2.42. The first-order chi connectivity index (χ1) is 6.77. The molecule has 1 aliphatic rings. The van der Waals surface area contributed by atoms with Gasteiger partial charge < -0.3 is 10.0 Å². The van der Waals surface area contributed by atoms with E-state index < -0.39 is 5.97 Å². The highest BCUT2D eigenvalue weighted by molar-refractivity contribution is 5.71. The molecule has 0 bridgehead atoms. The predicted molar refractivity (Wildman–Crippen MR) is 50.0 cm³/mol. The van der Waals surface area contributed by atoms with Crippen molar-refractivity contribution in [1.29, 1.82) is 0 Å². The standard InChI is InChI=1S/C9H11N3O2/c13-9(14)7-3-5-12(6-7)8-2-1-4-10-11-8/h1-2,4,7H,3,5-6H2,(H,13,14)/t7-/m0/s1. The van der Waals surface area contributed by atoms with Crippen molar-refractivity contribution >= 4 is 11.8 Å². The number of carboxylic acid groups (broad SMARTS) is 1. The van der Waals surface area contributed by atoms with E-state index in [4.69, 9.17) is 5.11 Å². The molecule has 1 aliphatic heterocycles. The van der Waals surface area contributed by atoms with Gasteiger partial charge in [-0.2, -0.15) is 5.10 Å². The van der Waals surface area contributed by atoms with E-state index in [1.54, 1.807) is 12.3 Å². The Hall–Kier alpha value is -1.65. The number of nitrogens with zero attached hydrogens (tertiary/aromatic N) is 3. The van der Waals surface area contributed by atoms with Gasteiger partial charge in [-0.15, -0.1) is 5.10 Å². The van der Waals surface area contributed by atoms with Crippen LogP contribution < -0.4 is 4.90 Å². The first kappa shape index (κ1) is 8.93. The van der Waals surface area contributed by atoms with Gasteiger partial charge in [0.2, 0.25) is 0 Å². The molecule has 5 heteroatoms. The zero-order valence-corrected chi connectivity index (χ0v) is 7.63. The number of carbonyl (C=O) groups is 1. The van der Waals surface area contributed by atoms with Gasteiger partial charge in [-0.1, -0.05) is 0 Å². The van der Waals surface area contributed by atoms with E-state index in [9.17, 15) is 4.79 Å². The van der Waals surface area contributed by atoms with Gasteiger partial charge >= 0.3 is 5.97 Å². The van der Waals surface area contributed by atoms with Gasteiger partial charge in [-0.3, -0.25) is 4.79 Å². The average Bonchev–Trinajstić information content (AvgIpc) is 2.68. The molecule has 0 amide bonds. The third-order valence-electron chi connectivity index (χ3n) is 2.42. The second kappa shape index (κ2) is 3.61. The molecule has 0 aliphatic carbocycles. The Labute approximate surface area is 81.4 Å². The number of carboxylic acids is 1. The minimum absolute atomic E-state index is 0.267. The van der Waals surface area contributed by atoms with Gasteiger partial charge in [0.05, 0.1) is 5.92 Å². The van der Waals surface area contributed by atoms with Crippen LogP contribution in [0.2, 0.25) is 0 Å². The van der Waals surface area contributed by atoms with E-state index >= 15 is 0 Å².